The van der Waals surface area contributed by atoms with Crippen LogP contribution in [0.4, 0.5) is 5.82 Å². The summed E-state index contributed by atoms with van der Waals surface area (Å²) in [6.07, 6.45) is 4.81. The van der Waals surface area contributed by atoms with Gasteiger partial charge in [0.1, 0.15) is 5.82 Å². The van der Waals surface area contributed by atoms with Crippen LogP contribution in [0.1, 0.15) is 11.1 Å². The van der Waals surface area contributed by atoms with Gasteiger partial charge in [-0.1, -0.05) is 35.9 Å². The summed E-state index contributed by atoms with van der Waals surface area (Å²) in [5, 5.41) is 7.78. The Morgan fingerprint density at radius 3 is 2.64 bits per heavy atom. The molecule has 0 radical (unpaired) electrons. The molecule has 0 aliphatic rings. The Morgan fingerprint density at radius 2 is 1.93 bits per heavy atom. The van der Waals surface area contributed by atoms with Crippen molar-refractivity contribution in [3.05, 3.63) is 77.0 Å². The van der Waals surface area contributed by atoms with E-state index in [-0.39, 0.29) is 5.91 Å². The predicted molar refractivity (Wildman–Crippen MR) is 110 cm³/mol. The molecule has 3 aromatic rings. The molecule has 7 heteroatoms. The molecule has 1 heterocycles. The van der Waals surface area contributed by atoms with Gasteiger partial charge in [0.05, 0.1) is 27.0 Å². The lowest BCUT2D eigenvalue weighted by Crippen LogP contribution is -2.14. The summed E-state index contributed by atoms with van der Waals surface area (Å²) < 4.78 is 12.5. The first-order chi connectivity index (χ1) is 13.6. The second-order valence-corrected chi connectivity index (χ2v) is 6.34. The minimum atomic E-state index is -0.255. The van der Waals surface area contributed by atoms with E-state index in [1.165, 1.54) is 6.08 Å². The van der Waals surface area contributed by atoms with Crippen LogP contribution in [-0.4, -0.2) is 29.9 Å². The molecule has 0 aliphatic heterocycles. The number of carbonyl (C=O) groups excluding carboxylic acids is 1. The van der Waals surface area contributed by atoms with E-state index in [2.05, 4.69) is 10.4 Å². The summed E-state index contributed by atoms with van der Waals surface area (Å²) in [4.78, 5) is 12.3. The molecule has 1 amide bonds. The standard InChI is InChI=1S/C21H20ClN3O3/c1-27-18-5-3-4-16(21(18)28-2)14-25-19(12-13-23-25)24-20(26)11-8-15-6-9-17(22)10-7-15/h3-13H,14H2,1-2H3,(H,24,26)/b11-8+. The highest BCUT2D eigenvalue weighted by Crippen LogP contribution is 2.31. The predicted octanol–water partition coefficient (Wildman–Crippen LogP) is 4.25. The number of methoxy groups -OCH3 is 2. The van der Waals surface area contributed by atoms with Crippen LogP contribution in [0.15, 0.2) is 60.8 Å². The smallest absolute Gasteiger partial charge is 0.249 e. The van der Waals surface area contributed by atoms with E-state index in [4.69, 9.17) is 21.1 Å². The minimum absolute atomic E-state index is 0.255. The topological polar surface area (TPSA) is 65.4 Å². The first-order valence-corrected chi connectivity index (χ1v) is 8.95. The lowest BCUT2D eigenvalue weighted by atomic mass is 10.2. The van der Waals surface area contributed by atoms with Gasteiger partial charge in [0.25, 0.3) is 0 Å². The minimum Gasteiger partial charge on any atom is -0.493 e. The number of hydrogen-bond acceptors (Lipinski definition) is 4. The number of amides is 1. The summed E-state index contributed by atoms with van der Waals surface area (Å²) >= 11 is 5.86. The van der Waals surface area contributed by atoms with E-state index in [1.807, 2.05) is 30.3 Å². The Balaban J connectivity index is 1.72. The van der Waals surface area contributed by atoms with Gasteiger partial charge in [-0.15, -0.1) is 0 Å². The highest BCUT2D eigenvalue weighted by molar-refractivity contribution is 6.30. The average Bonchev–Trinajstić information content (AvgIpc) is 3.13. The van der Waals surface area contributed by atoms with Crippen LogP contribution >= 0.6 is 11.6 Å². The molecule has 144 valence electrons. The third-order valence-corrected chi connectivity index (χ3v) is 4.32. The number of ether oxygens (including phenoxy) is 2. The number of anilines is 1. The van der Waals surface area contributed by atoms with Gasteiger partial charge in [0.2, 0.25) is 5.91 Å². The van der Waals surface area contributed by atoms with Gasteiger partial charge in [-0.05, 0) is 29.8 Å². The molecule has 1 N–H and O–H groups in total. The Bertz CT molecular complexity index is 981. The van der Waals surface area contributed by atoms with Crippen LogP contribution < -0.4 is 14.8 Å². The Morgan fingerprint density at radius 1 is 1.14 bits per heavy atom. The van der Waals surface area contributed by atoms with Crippen molar-refractivity contribution in [2.75, 3.05) is 19.5 Å². The Hall–Kier alpha value is -3.25. The van der Waals surface area contributed by atoms with E-state index in [0.29, 0.717) is 28.9 Å². The number of carbonyl (C=O) groups is 1. The maximum absolute atomic E-state index is 12.3. The van der Waals surface area contributed by atoms with Crippen molar-refractivity contribution in [1.29, 1.82) is 0 Å². The molecule has 0 bridgehead atoms. The first kappa shape index (κ1) is 19.5. The zero-order chi connectivity index (χ0) is 19.9. The SMILES string of the molecule is COc1cccc(Cn2nccc2NC(=O)/C=C/c2ccc(Cl)cc2)c1OC. The molecule has 3 rings (SSSR count). The van der Waals surface area contributed by atoms with Gasteiger partial charge in [-0.25, -0.2) is 4.68 Å². The van der Waals surface area contributed by atoms with Crippen molar-refractivity contribution in [2.45, 2.75) is 6.54 Å². The van der Waals surface area contributed by atoms with E-state index in [0.717, 1.165) is 11.1 Å². The van der Waals surface area contributed by atoms with Crippen LogP contribution in [0, 0.1) is 0 Å². The van der Waals surface area contributed by atoms with Crippen molar-refractivity contribution in [3.8, 4) is 11.5 Å². The van der Waals surface area contributed by atoms with Crippen molar-refractivity contribution in [1.82, 2.24) is 9.78 Å². The molecule has 1 aromatic heterocycles. The van der Waals surface area contributed by atoms with Gasteiger partial charge in [0, 0.05) is 22.7 Å². The number of nitrogens with one attached hydrogen (secondary N) is 1. The lowest BCUT2D eigenvalue weighted by Gasteiger charge is -2.14. The maximum atomic E-state index is 12.3. The van der Waals surface area contributed by atoms with Crippen LogP contribution in [0.2, 0.25) is 5.02 Å². The molecule has 0 unspecified atom stereocenters. The van der Waals surface area contributed by atoms with Crippen molar-refractivity contribution in [3.63, 3.8) is 0 Å². The third kappa shape index (κ3) is 4.72. The fourth-order valence-electron chi connectivity index (χ4n) is 2.72. The van der Waals surface area contributed by atoms with Crippen molar-refractivity contribution >= 4 is 29.4 Å². The number of aromatic nitrogens is 2. The Labute approximate surface area is 168 Å². The summed E-state index contributed by atoms with van der Waals surface area (Å²) in [6, 6.07) is 14.6. The average molecular weight is 398 g/mol. The second kappa shape index (κ2) is 9.10. The summed E-state index contributed by atoms with van der Waals surface area (Å²) in [6.45, 7) is 0.421. The van der Waals surface area contributed by atoms with E-state index in [1.54, 1.807) is 49.4 Å². The van der Waals surface area contributed by atoms with Gasteiger partial charge >= 0.3 is 0 Å². The first-order valence-electron chi connectivity index (χ1n) is 8.57. The second-order valence-electron chi connectivity index (χ2n) is 5.90. The molecule has 0 saturated carbocycles. The molecule has 0 aliphatic carbocycles. The van der Waals surface area contributed by atoms with Gasteiger partial charge < -0.3 is 14.8 Å². The molecule has 6 nitrogen and oxygen atoms in total. The van der Waals surface area contributed by atoms with Crippen LogP contribution in [0.25, 0.3) is 6.08 Å². The molecular formula is C21H20ClN3O3. The van der Waals surface area contributed by atoms with Crippen LogP contribution in [-0.2, 0) is 11.3 Å². The Kier molecular flexibility index (Phi) is 6.34. The maximum Gasteiger partial charge on any atom is 0.249 e. The molecule has 0 atom stereocenters. The number of para-hydroxylation sites is 1. The van der Waals surface area contributed by atoms with E-state index in [9.17, 15) is 4.79 Å². The van der Waals surface area contributed by atoms with Crippen molar-refractivity contribution in [2.24, 2.45) is 0 Å². The lowest BCUT2D eigenvalue weighted by molar-refractivity contribution is -0.111. The van der Waals surface area contributed by atoms with Gasteiger partial charge in [-0.3, -0.25) is 4.79 Å². The zero-order valence-corrected chi connectivity index (χ0v) is 16.3. The quantitative estimate of drug-likeness (QED) is 0.605. The summed E-state index contributed by atoms with van der Waals surface area (Å²) in [7, 11) is 3.18. The molecular weight excluding hydrogens is 378 g/mol. The largest absolute Gasteiger partial charge is 0.493 e. The van der Waals surface area contributed by atoms with Crippen molar-refractivity contribution < 1.29 is 14.3 Å². The fraction of sp³-hybridized carbons (Fsp3) is 0.143. The van der Waals surface area contributed by atoms with Crippen LogP contribution in [0.3, 0.4) is 0 Å². The summed E-state index contributed by atoms with van der Waals surface area (Å²) in [5.41, 5.74) is 1.77. The third-order valence-electron chi connectivity index (χ3n) is 4.07. The molecule has 28 heavy (non-hydrogen) atoms. The fourth-order valence-corrected chi connectivity index (χ4v) is 2.84. The number of hydrogen-bond donors (Lipinski definition) is 1. The number of benzene rings is 2. The zero-order valence-electron chi connectivity index (χ0n) is 15.6. The number of rotatable bonds is 7. The highest BCUT2D eigenvalue weighted by Gasteiger charge is 2.12. The highest BCUT2D eigenvalue weighted by atomic mass is 35.5. The molecule has 0 saturated heterocycles. The normalized spacial score (nSPS) is 10.8. The number of halogens is 1. The number of nitrogens with zero attached hydrogens (tertiary/aromatic N) is 2. The molecule has 0 spiro atoms. The van der Waals surface area contributed by atoms with Crippen LogP contribution in [0.5, 0.6) is 11.5 Å². The van der Waals surface area contributed by atoms with E-state index >= 15 is 0 Å². The monoisotopic (exact) mass is 397 g/mol. The van der Waals surface area contributed by atoms with E-state index < -0.39 is 0 Å². The molecule has 0 fully saturated rings. The van der Waals surface area contributed by atoms with Gasteiger partial charge in [-0.2, -0.15) is 5.10 Å². The summed E-state index contributed by atoms with van der Waals surface area (Å²) in [5.74, 6) is 1.61. The molecule has 2 aromatic carbocycles. The van der Waals surface area contributed by atoms with Gasteiger partial charge in [0.15, 0.2) is 11.5 Å².